The van der Waals surface area contributed by atoms with Gasteiger partial charge in [0.25, 0.3) is 5.56 Å². The van der Waals surface area contributed by atoms with Crippen LogP contribution < -0.4 is 5.56 Å². The summed E-state index contributed by atoms with van der Waals surface area (Å²) in [4.78, 5) is 12.3. The minimum Gasteiger partial charge on any atom is -0.295 e. The van der Waals surface area contributed by atoms with E-state index in [1.54, 1.807) is 18.2 Å². The zero-order valence-corrected chi connectivity index (χ0v) is 15.7. The van der Waals surface area contributed by atoms with E-state index in [4.69, 9.17) is 34.8 Å². The van der Waals surface area contributed by atoms with Crippen molar-refractivity contribution in [1.82, 2.24) is 9.78 Å². The fourth-order valence-electron chi connectivity index (χ4n) is 3.53. The standard InChI is InChI=1S/C18H21Cl3N2O/c19-13-9-15(20)18(16(21)10-13)23-17(24)11-14(22-23)8-4-3-7-12-5-1-2-6-12/h9-12,22H,1-8H2. The van der Waals surface area contributed by atoms with E-state index in [-0.39, 0.29) is 5.56 Å². The summed E-state index contributed by atoms with van der Waals surface area (Å²) in [5.74, 6) is 0.917. The van der Waals surface area contributed by atoms with Gasteiger partial charge in [0.15, 0.2) is 0 Å². The summed E-state index contributed by atoms with van der Waals surface area (Å²) in [6, 6.07) is 4.79. The summed E-state index contributed by atoms with van der Waals surface area (Å²) in [5, 5.41) is 4.27. The number of hydrogen-bond acceptors (Lipinski definition) is 1. The summed E-state index contributed by atoms with van der Waals surface area (Å²) in [6.45, 7) is 0. The van der Waals surface area contributed by atoms with Crippen molar-refractivity contribution in [3.05, 3.63) is 49.3 Å². The molecule has 130 valence electrons. The maximum atomic E-state index is 12.3. The van der Waals surface area contributed by atoms with Crippen LogP contribution in [0, 0.1) is 5.92 Å². The largest absolute Gasteiger partial charge is 0.295 e. The first-order valence-corrected chi connectivity index (χ1v) is 9.64. The van der Waals surface area contributed by atoms with Crippen LogP contribution >= 0.6 is 34.8 Å². The van der Waals surface area contributed by atoms with Crippen molar-refractivity contribution in [2.45, 2.75) is 51.4 Å². The van der Waals surface area contributed by atoms with Crippen molar-refractivity contribution in [3.8, 4) is 5.69 Å². The van der Waals surface area contributed by atoms with Gasteiger partial charge in [0, 0.05) is 16.8 Å². The Kier molecular flexibility index (Phi) is 5.96. The molecule has 0 radical (unpaired) electrons. The second-order valence-corrected chi connectivity index (χ2v) is 7.82. The molecule has 1 aromatic heterocycles. The van der Waals surface area contributed by atoms with Crippen molar-refractivity contribution >= 4 is 34.8 Å². The van der Waals surface area contributed by atoms with Crippen LogP contribution in [0.5, 0.6) is 0 Å². The second-order valence-electron chi connectivity index (χ2n) is 6.57. The quantitative estimate of drug-likeness (QED) is 0.604. The number of rotatable bonds is 6. The molecule has 0 aliphatic heterocycles. The van der Waals surface area contributed by atoms with Crippen LogP contribution in [0.3, 0.4) is 0 Å². The monoisotopic (exact) mass is 386 g/mol. The van der Waals surface area contributed by atoms with Crippen LogP contribution in [-0.2, 0) is 6.42 Å². The minimum atomic E-state index is -0.160. The predicted molar refractivity (Wildman–Crippen MR) is 101 cm³/mol. The fraction of sp³-hybridized carbons (Fsp3) is 0.500. The number of aromatic nitrogens is 2. The molecule has 3 nitrogen and oxygen atoms in total. The van der Waals surface area contributed by atoms with Crippen LogP contribution in [0.4, 0.5) is 0 Å². The van der Waals surface area contributed by atoms with Crippen LogP contribution in [0.15, 0.2) is 23.0 Å². The summed E-state index contributed by atoms with van der Waals surface area (Å²) in [6.07, 6.45) is 10.0. The third kappa shape index (κ3) is 4.19. The van der Waals surface area contributed by atoms with Gasteiger partial charge in [-0.25, -0.2) is 4.68 Å². The highest BCUT2D eigenvalue weighted by atomic mass is 35.5. The van der Waals surface area contributed by atoms with E-state index < -0.39 is 0 Å². The van der Waals surface area contributed by atoms with Gasteiger partial charge in [-0.05, 0) is 30.9 Å². The Balaban J connectivity index is 1.66. The van der Waals surface area contributed by atoms with E-state index in [1.165, 1.54) is 43.2 Å². The topological polar surface area (TPSA) is 37.8 Å². The molecule has 0 spiro atoms. The lowest BCUT2D eigenvalue weighted by molar-refractivity contribution is 0.472. The summed E-state index contributed by atoms with van der Waals surface area (Å²) in [7, 11) is 0. The number of halogens is 3. The first-order valence-electron chi connectivity index (χ1n) is 8.50. The molecular weight excluding hydrogens is 367 g/mol. The zero-order chi connectivity index (χ0) is 17.1. The highest BCUT2D eigenvalue weighted by molar-refractivity contribution is 6.40. The molecular formula is C18H21Cl3N2O. The lowest BCUT2D eigenvalue weighted by atomic mass is 9.99. The van der Waals surface area contributed by atoms with Gasteiger partial charge in [-0.3, -0.25) is 9.89 Å². The number of aryl methyl sites for hydroxylation is 1. The van der Waals surface area contributed by atoms with E-state index in [2.05, 4.69) is 5.10 Å². The number of aromatic amines is 1. The third-order valence-corrected chi connectivity index (χ3v) is 5.56. The van der Waals surface area contributed by atoms with Crippen LogP contribution in [0.25, 0.3) is 5.69 Å². The van der Waals surface area contributed by atoms with Crippen LogP contribution in [0.2, 0.25) is 15.1 Å². The second kappa shape index (κ2) is 7.99. The number of nitrogens with zero attached hydrogens (tertiary/aromatic N) is 1. The number of benzene rings is 1. The third-order valence-electron chi connectivity index (χ3n) is 4.76. The van der Waals surface area contributed by atoms with Gasteiger partial charge in [-0.1, -0.05) is 73.3 Å². The average molecular weight is 388 g/mol. The van der Waals surface area contributed by atoms with Crippen molar-refractivity contribution in [2.24, 2.45) is 5.92 Å². The van der Waals surface area contributed by atoms with Gasteiger partial charge in [0.1, 0.15) is 5.69 Å². The molecule has 0 atom stereocenters. The summed E-state index contributed by atoms with van der Waals surface area (Å²) < 4.78 is 1.40. The number of nitrogens with one attached hydrogen (secondary N) is 1. The first-order chi connectivity index (χ1) is 11.5. The summed E-state index contributed by atoms with van der Waals surface area (Å²) >= 11 is 18.3. The lowest BCUT2D eigenvalue weighted by Crippen LogP contribution is -2.14. The normalized spacial score (nSPS) is 15.3. The molecule has 1 aromatic carbocycles. The number of H-pyrrole nitrogens is 1. The number of unbranched alkanes of at least 4 members (excludes halogenated alkanes) is 1. The van der Waals surface area contributed by atoms with Gasteiger partial charge < -0.3 is 0 Å². The highest BCUT2D eigenvalue weighted by Gasteiger charge is 2.15. The van der Waals surface area contributed by atoms with E-state index in [1.807, 2.05) is 0 Å². The minimum absolute atomic E-state index is 0.160. The summed E-state index contributed by atoms with van der Waals surface area (Å²) in [5.41, 5.74) is 1.20. The van der Waals surface area contributed by atoms with Gasteiger partial charge in [-0.15, -0.1) is 0 Å². The van der Waals surface area contributed by atoms with Gasteiger partial charge >= 0.3 is 0 Å². The molecule has 1 fully saturated rings. The van der Waals surface area contributed by atoms with Crippen molar-refractivity contribution in [1.29, 1.82) is 0 Å². The van der Waals surface area contributed by atoms with E-state index >= 15 is 0 Å². The van der Waals surface area contributed by atoms with Gasteiger partial charge in [-0.2, -0.15) is 0 Å². The van der Waals surface area contributed by atoms with Crippen molar-refractivity contribution < 1.29 is 0 Å². The predicted octanol–water partition coefficient (Wildman–Crippen LogP) is 6.03. The highest BCUT2D eigenvalue weighted by Crippen LogP contribution is 2.31. The Morgan fingerprint density at radius 1 is 1.04 bits per heavy atom. The van der Waals surface area contributed by atoms with Crippen LogP contribution in [-0.4, -0.2) is 9.78 Å². The average Bonchev–Trinajstić information content (AvgIpc) is 3.13. The molecule has 1 aliphatic rings. The fourth-order valence-corrected chi connectivity index (χ4v) is 4.52. The maximum Gasteiger partial charge on any atom is 0.271 e. The molecule has 6 heteroatoms. The van der Waals surface area contributed by atoms with E-state index in [9.17, 15) is 4.79 Å². The zero-order valence-electron chi connectivity index (χ0n) is 13.5. The molecule has 0 bridgehead atoms. The molecule has 3 rings (SSSR count). The van der Waals surface area contributed by atoms with Gasteiger partial charge in [0.05, 0.1) is 10.0 Å². The van der Waals surface area contributed by atoms with Gasteiger partial charge in [0.2, 0.25) is 0 Å². The SMILES string of the molecule is O=c1cc(CCCCC2CCCC2)[nH]n1-c1c(Cl)cc(Cl)cc1Cl. The van der Waals surface area contributed by atoms with Crippen molar-refractivity contribution in [3.63, 3.8) is 0 Å². The molecule has 2 aromatic rings. The molecule has 0 saturated heterocycles. The Hall–Kier alpha value is -0.900. The molecule has 24 heavy (non-hydrogen) atoms. The molecule has 0 unspecified atom stereocenters. The molecule has 1 saturated carbocycles. The Bertz CT molecular complexity index is 737. The molecule has 1 heterocycles. The smallest absolute Gasteiger partial charge is 0.271 e. The molecule has 0 amide bonds. The lowest BCUT2D eigenvalue weighted by Gasteiger charge is -2.09. The van der Waals surface area contributed by atoms with E-state index in [0.717, 1.165) is 24.5 Å². The Morgan fingerprint density at radius 2 is 1.71 bits per heavy atom. The molecule has 1 N–H and O–H groups in total. The number of hydrogen-bond donors (Lipinski definition) is 1. The Labute approximate surface area is 156 Å². The Morgan fingerprint density at radius 3 is 2.38 bits per heavy atom. The van der Waals surface area contributed by atoms with Crippen molar-refractivity contribution in [2.75, 3.05) is 0 Å². The first kappa shape index (κ1) is 17.9. The molecule has 1 aliphatic carbocycles. The van der Waals surface area contributed by atoms with E-state index in [0.29, 0.717) is 20.8 Å². The maximum absolute atomic E-state index is 12.3. The van der Waals surface area contributed by atoms with Crippen LogP contribution in [0.1, 0.15) is 50.6 Å².